The first-order valence-corrected chi connectivity index (χ1v) is 9.96. The summed E-state index contributed by atoms with van der Waals surface area (Å²) in [4.78, 5) is 6.72. The zero-order chi connectivity index (χ0) is 20.4. The summed E-state index contributed by atoms with van der Waals surface area (Å²) in [7, 11) is 3.30. The Labute approximate surface area is 176 Å². The van der Waals surface area contributed by atoms with E-state index in [0.29, 0.717) is 10.9 Å². The molecule has 1 saturated heterocycles. The number of ether oxygens (including phenoxy) is 2. The molecule has 1 fully saturated rings. The lowest BCUT2D eigenvalue weighted by atomic mass is 10.0. The normalized spacial score (nSPS) is 18.6. The van der Waals surface area contributed by atoms with E-state index < -0.39 is 0 Å². The van der Waals surface area contributed by atoms with E-state index in [1.54, 1.807) is 14.2 Å². The Morgan fingerprint density at radius 3 is 2.66 bits per heavy atom. The maximum absolute atomic E-state index is 5.79. The summed E-state index contributed by atoms with van der Waals surface area (Å²) >= 11 is 5.79. The zero-order valence-electron chi connectivity index (χ0n) is 16.7. The molecule has 29 heavy (non-hydrogen) atoms. The predicted octanol–water partition coefficient (Wildman–Crippen LogP) is 4.10. The molecule has 150 valence electrons. The topological polar surface area (TPSA) is 51.6 Å². The number of thiocarbonyl (C=S) groups is 1. The predicted molar refractivity (Wildman–Crippen MR) is 118 cm³/mol. The summed E-state index contributed by atoms with van der Waals surface area (Å²) in [5.74, 6) is 1.44. The van der Waals surface area contributed by atoms with Crippen molar-refractivity contribution in [2.75, 3.05) is 19.1 Å². The van der Waals surface area contributed by atoms with Crippen LogP contribution >= 0.6 is 12.2 Å². The first-order valence-electron chi connectivity index (χ1n) is 9.55. The molecule has 0 amide bonds. The number of nitrogens with zero attached hydrogens (tertiary/aromatic N) is 3. The lowest BCUT2D eigenvalue weighted by molar-refractivity contribution is 0.394. The molecule has 1 aliphatic rings. The van der Waals surface area contributed by atoms with Crippen molar-refractivity contribution in [3.05, 3.63) is 72.3 Å². The van der Waals surface area contributed by atoms with E-state index in [4.69, 9.17) is 21.7 Å². The highest BCUT2D eigenvalue weighted by molar-refractivity contribution is 7.80. The maximum Gasteiger partial charge on any atom is 0.174 e. The number of benzene rings is 1. The third-order valence-corrected chi connectivity index (χ3v) is 5.57. The second kappa shape index (κ2) is 8.13. The van der Waals surface area contributed by atoms with Crippen LogP contribution in [-0.2, 0) is 6.54 Å². The molecule has 3 aromatic rings. The van der Waals surface area contributed by atoms with Crippen LogP contribution in [0.2, 0.25) is 0 Å². The van der Waals surface area contributed by atoms with Gasteiger partial charge in [0, 0.05) is 30.7 Å². The van der Waals surface area contributed by atoms with Gasteiger partial charge < -0.3 is 24.3 Å². The lowest BCUT2D eigenvalue weighted by Gasteiger charge is -2.29. The highest BCUT2D eigenvalue weighted by atomic mass is 32.1. The zero-order valence-corrected chi connectivity index (χ0v) is 17.5. The van der Waals surface area contributed by atoms with Crippen molar-refractivity contribution in [2.24, 2.45) is 0 Å². The summed E-state index contributed by atoms with van der Waals surface area (Å²) in [5.41, 5.74) is 2.99. The molecule has 1 N–H and O–H groups in total. The first kappa shape index (κ1) is 19.3. The SMILES string of the molecule is CCn1cccc1[C@H]1[C@@H](c2ccccn2)NC(=S)N1c1ccc(OC)cc1OC. The van der Waals surface area contributed by atoms with Crippen molar-refractivity contribution >= 4 is 23.0 Å². The molecule has 2 aromatic heterocycles. The fraction of sp³-hybridized carbons (Fsp3) is 0.273. The van der Waals surface area contributed by atoms with Crippen LogP contribution in [0.5, 0.6) is 11.5 Å². The largest absolute Gasteiger partial charge is 0.497 e. The van der Waals surface area contributed by atoms with E-state index in [9.17, 15) is 0 Å². The smallest absolute Gasteiger partial charge is 0.174 e. The molecule has 0 spiro atoms. The summed E-state index contributed by atoms with van der Waals surface area (Å²) in [6.07, 6.45) is 3.90. The number of hydrogen-bond acceptors (Lipinski definition) is 4. The monoisotopic (exact) mass is 408 g/mol. The van der Waals surface area contributed by atoms with Gasteiger partial charge in [-0.25, -0.2) is 0 Å². The molecule has 2 atom stereocenters. The van der Waals surface area contributed by atoms with Crippen molar-refractivity contribution in [3.8, 4) is 11.5 Å². The van der Waals surface area contributed by atoms with Crippen LogP contribution in [0.4, 0.5) is 5.69 Å². The molecule has 0 aliphatic carbocycles. The number of nitrogens with one attached hydrogen (secondary N) is 1. The number of aryl methyl sites for hydroxylation is 1. The quantitative estimate of drug-likeness (QED) is 0.620. The van der Waals surface area contributed by atoms with E-state index in [1.165, 1.54) is 0 Å². The highest BCUT2D eigenvalue weighted by Gasteiger charge is 2.42. The van der Waals surface area contributed by atoms with Gasteiger partial charge in [0.25, 0.3) is 0 Å². The Balaban J connectivity index is 1.87. The molecule has 0 unspecified atom stereocenters. The Morgan fingerprint density at radius 2 is 1.97 bits per heavy atom. The van der Waals surface area contributed by atoms with E-state index in [-0.39, 0.29) is 12.1 Å². The van der Waals surface area contributed by atoms with Gasteiger partial charge in [0.05, 0.1) is 31.6 Å². The van der Waals surface area contributed by atoms with Crippen LogP contribution in [-0.4, -0.2) is 28.9 Å². The van der Waals surface area contributed by atoms with Gasteiger partial charge in [0.1, 0.15) is 17.5 Å². The molecular weight excluding hydrogens is 384 g/mol. The molecule has 1 aliphatic heterocycles. The van der Waals surface area contributed by atoms with Crippen LogP contribution in [0.1, 0.15) is 30.4 Å². The van der Waals surface area contributed by atoms with Gasteiger partial charge >= 0.3 is 0 Å². The minimum Gasteiger partial charge on any atom is -0.497 e. The summed E-state index contributed by atoms with van der Waals surface area (Å²) in [6, 6.07) is 15.8. The lowest BCUT2D eigenvalue weighted by Crippen LogP contribution is -2.30. The first-order chi connectivity index (χ1) is 14.2. The summed E-state index contributed by atoms with van der Waals surface area (Å²) in [6.45, 7) is 3.01. The average Bonchev–Trinajstić information content (AvgIpc) is 3.37. The average molecular weight is 409 g/mol. The van der Waals surface area contributed by atoms with Gasteiger partial charge in [-0.15, -0.1) is 0 Å². The van der Waals surface area contributed by atoms with Gasteiger partial charge in [0.15, 0.2) is 5.11 Å². The van der Waals surface area contributed by atoms with Gasteiger partial charge in [-0.3, -0.25) is 4.98 Å². The van der Waals surface area contributed by atoms with Crippen LogP contribution in [0, 0.1) is 0 Å². The van der Waals surface area contributed by atoms with Crippen molar-refractivity contribution in [1.29, 1.82) is 0 Å². The fourth-order valence-electron chi connectivity index (χ4n) is 3.88. The summed E-state index contributed by atoms with van der Waals surface area (Å²) in [5, 5.41) is 4.12. The standard InChI is InChI=1S/C22H24N4O2S/c1-4-25-13-7-9-18(25)21-20(16-8-5-6-12-23-16)24-22(29)26(21)17-11-10-15(27-2)14-19(17)28-3/h5-14,20-21H,4H2,1-3H3,(H,24,29)/t20-,21+/m1/s1. The molecule has 1 aromatic carbocycles. The molecule has 0 saturated carbocycles. The van der Waals surface area contributed by atoms with Crippen LogP contribution in [0.15, 0.2) is 60.9 Å². The molecule has 3 heterocycles. The number of anilines is 1. The van der Waals surface area contributed by atoms with Crippen molar-refractivity contribution in [3.63, 3.8) is 0 Å². The minimum absolute atomic E-state index is 0.0744. The van der Waals surface area contributed by atoms with Crippen LogP contribution in [0.3, 0.4) is 0 Å². The van der Waals surface area contributed by atoms with Crippen molar-refractivity contribution in [2.45, 2.75) is 25.6 Å². The molecule has 0 radical (unpaired) electrons. The Kier molecular flexibility index (Phi) is 5.40. The maximum atomic E-state index is 5.79. The minimum atomic E-state index is -0.0873. The van der Waals surface area contributed by atoms with Gasteiger partial charge in [0.2, 0.25) is 0 Å². The van der Waals surface area contributed by atoms with Gasteiger partial charge in [-0.2, -0.15) is 0 Å². The number of hydrogen-bond donors (Lipinski definition) is 1. The van der Waals surface area contributed by atoms with Crippen LogP contribution in [0.25, 0.3) is 0 Å². The fourth-order valence-corrected chi connectivity index (χ4v) is 4.22. The molecule has 0 bridgehead atoms. The van der Waals surface area contributed by atoms with Crippen molar-refractivity contribution in [1.82, 2.24) is 14.9 Å². The Morgan fingerprint density at radius 1 is 1.10 bits per heavy atom. The number of methoxy groups -OCH3 is 2. The highest BCUT2D eigenvalue weighted by Crippen LogP contribution is 2.45. The van der Waals surface area contributed by atoms with E-state index in [2.05, 4.69) is 45.0 Å². The molecular formula is C22H24N4O2S. The van der Waals surface area contributed by atoms with E-state index >= 15 is 0 Å². The van der Waals surface area contributed by atoms with E-state index in [0.717, 1.165) is 29.4 Å². The molecule has 6 nitrogen and oxygen atoms in total. The molecule has 4 rings (SSSR count). The summed E-state index contributed by atoms with van der Waals surface area (Å²) < 4.78 is 13.3. The Bertz CT molecular complexity index is 1010. The van der Waals surface area contributed by atoms with E-state index in [1.807, 2.05) is 42.6 Å². The molecule has 7 heteroatoms. The number of rotatable bonds is 6. The second-order valence-electron chi connectivity index (χ2n) is 6.75. The van der Waals surface area contributed by atoms with Crippen LogP contribution < -0.4 is 19.7 Å². The second-order valence-corrected chi connectivity index (χ2v) is 7.14. The van der Waals surface area contributed by atoms with Gasteiger partial charge in [-0.05, 0) is 55.5 Å². The van der Waals surface area contributed by atoms with Crippen molar-refractivity contribution < 1.29 is 9.47 Å². The van der Waals surface area contributed by atoms with Gasteiger partial charge in [-0.1, -0.05) is 6.07 Å². The number of aromatic nitrogens is 2. The Hall–Kier alpha value is -3.06. The third kappa shape index (κ3) is 3.42. The third-order valence-electron chi connectivity index (χ3n) is 5.25. The number of pyridine rings is 1.